The summed E-state index contributed by atoms with van der Waals surface area (Å²) < 4.78 is 19.8. The maximum atomic E-state index is 13.5. The lowest BCUT2D eigenvalue weighted by Crippen LogP contribution is -2.52. The standard InChI is InChI=1S/C25H25FN4O.ClH/c26-20-4-5-24(19(14-20)16-28)30-12-10-29(11-13-30)21-6-8-25(9-7-21)23-3-1-2-18(15-27)22(23)17-31-25;/h1-5,14,21H,6-13,17H2;1H. The third-order valence-electron chi connectivity index (χ3n) is 7.29. The van der Waals surface area contributed by atoms with Crippen molar-refractivity contribution in [3.63, 3.8) is 0 Å². The highest BCUT2D eigenvalue weighted by Crippen LogP contribution is 2.48. The van der Waals surface area contributed by atoms with Gasteiger partial charge < -0.3 is 9.64 Å². The first-order chi connectivity index (χ1) is 15.1. The third-order valence-corrected chi connectivity index (χ3v) is 7.29. The molecule has 7 heteroatoms. The normalized spacial score (nSPS) is 25.0. The van der Waals surface area contributed by atoms with Crippen LogP contribution >= 0.6 is 12.4 Å². The molecule has 3 aliphatic rings. The van der Waals surface area contributed by atoms with Crippen LogP contribution in [0.15, 0.2) is 36.4 Å². The van der Waals surface area contributed by atoms with E-state index in [-0.39, 0.29) is 23.8 Å². The lowest BCUT2D eigenvalue weighted by molar-refractivity contribution is -0.0777. The fourth-order valence-electron chi connectivity index (χ4n) is 5.61. The van der Waals surface area contributed by atoms with Crippen molar-refractivity contribution in [1.82, 2.24) is 4.90 Å². The van der Waals surface area contributed by atoms with Crippen LogP contribution in [0.25, 0.3) is 0 Å². The summed E-state index contributed by atoms with van der Waals surface area (Å²) in [4.78, 5) is 4.75. The van der Waals surface area contributed by atoms with Gasteiger partial charge in [-0.1, -0.05) is 12.1 Å². The molecular weight excluding hydrogens is 427 g/mol. The minimum absolute atomic E-state index is 0. The van der Waals surface area contributed by atoms with E-state index in [1.54, 1.807) is 6.07 Å². The zero-order valence-electron chi connectivity index (χ0n) is 17.9. The molecular formula is C25H26ClFN4O. The molecule has 166 valence electrons. The van der Waals surface area contributed by atoms with Crippen molar-refractivity contribution in [1.29, 1.82) is 10.5 Å². The molecule has 0 radical (unpaired) electrons. The minimum atomic E-state index is -0.368. The van der Waals surface area contributed by atoms with Crippen molar-refractivity contribution in [3.05, 3.63) is 64.5 Å². The van der Waals surface area contributed by atoms with Crippen LogP contribution in [0.5, 0.6) is 0 Å². The molecule has 1 aliphatic carbocycles. The lowest BCUT2D eigenvalue weighted by atomic mass is 9.76. The van der Waals surface area contributed by atoms with Gasteiger partial charge in [-0.25, -0.2) is 4.39 Å². The number of fused-ring (bicyclic) bond motifs is 2. The van der Waals surface area contributed by atoms with Crippen LogP contribution in [0, 0.1) is 28.5 Å². The molecule has 32 heavy (non-hydrogen) atoms. The van der Waals surface area contributed by atoms with Gasteiger partial charge in [-0.05, 0) is 55.5 Å². The van der Waals surface area contributed by atoms with E-state index in [1.807, 2.05) is 12.1 Å². The first-order valence-electron chi connectivity index (χ1n) is 11.0. The first kappa shape index (κ1) is 22.6. The highest BCUT2D eigenvalue weighted by atomic mass is 35.5. The predicted molar refractivity (Wildman–Crippen MR) is 122 cm³/mol. The number of ether oxygens (including phenoxy) is 1. The Morgan fingerprint density at radius 2 is 1.69 bits per heavy atom. The summed E-state index contributed by atoms with van der Waals surface area (Å²) in [6, 6.07) is 15.4. The van der Waals surface area contributed by atoms with Gasteiger partial charge in [0.15, 0.2) is 0 Å². The molecule has 2 fully saturated rings. The number of hydrogen-bond acceptors (Lipinski definition) is 5. The molecule has 0 atom stereocenters. The molecule has 0 bridgehead atoms. The van der Waals surface area contributed by atoms with E-state index in [1.165, 1.54) is 17.7 Å². The molecule has 2 aromatic carbocycles. The van der Waals surface area contributed by atoms with Crippen LogP contribution in [-0.2, 0) is 16.9 Å². The number of benzene rings is 2. The quantitative estimate of drug-likeness (QED) is 0.672. The first-order valence-corrected chi connectivity index (χ1v) is 11.0. The van der Waals surface area contributed by atoms with E-state index in [9.17, 15) is 14.9 Å². The van der Waals surface area contributed by atoms with Crippen LogP contribution in [-0.4, -0.2) is 37.1 Å². The average molecular weight is 453 g/mol. The molecule has 1 saturated heterocycles. The number of halogens is 2. The summed E-state index contributed by atoms with van der Waals surface area (Å²) in [6.45, 7) is 4.10. The zero-order valence-corrected chi connectivity index (χ0v) is 18.7. The Morgan fingerprint density at radius 1 is 0.969 bits per heavy atom. The fourth-order valence-corrected chi connectivity index (χ4v) is 5.61. The number of anilines is 1. The van der Waals surface area contributed by atoms with Gasteiger partial charge in [0.05, 0.1) is 35.1 Å². The van der Waals surface area contributed by atoms with Crippen molar-refractivity contribution in [2.75, 3.05) is 31.1 Å². The second kappa shape index (κ2) is 9.08. The second-order valence-corrected chi connectivity index (χ2v) is 8.75. The van der Waals surface area contributed by atoms with E-state index >= 15 is 0 Å². The Kier molecular flexibility index (Phi) is 6.40. The molecule has 1 spiro atoms. The molecule has 2 heterocycles. The van der Waals surface area contributed by atoms with Gasteiger partial charge in [0.1, 0.15) is 11.9 Å². The molecule has 5 nitrogen and oxygen atoms in total. The minimum Gasteiger partial charge on any atom is -0.368 e. The molecule has 2 aliphatic heterocycles. The van der Waals surface area contributed by atoms with Gasteiger partial charge in [-0.15, -0.1) is 12.4 Å². The number of rotatable bonds is 2. The Hall–Kier alpha value is -2.64. The van der Waals surface area contributed by atoms with Gasteiger partial charge in [0.25, 0.3) is 0 Å². The van der Waals surface area contributed by atoms with E-state index in [4.69, 9.17) is 4.74 Å². The van der Waals surface area contributed by atoms with Gasteiger partial charge in [-0.2, -0.15) is 10.5 Å². The van der Waals surface area contributed by atoms with E-state index < -0.39 is 0 Å². The average Bonchev–Trinajstić information content (AvgIpc) is 3.18. The summed E-state index contributed by atoms with van der Waals surface area (Å²) in [7, 11) is 0. The van der Waals surface area contributed by atoms with E-state index in [0.29, 0.717) is 18.2 Å². The lowest BCUT2D eigenvalue weighted by Gasteiger charge is -2.45. The molecule has 0 amide bonds. The number of nitriles is 2. The third kappa shape index (κ3) is 3.84. The van der Waals surface area contributed by atoms with Crippen LogP contribution in [0.2, 0.25) is 0 Å². The molecule has 5 rings (SSSR count). The summed E-state index contributed by atoms with van der Waals surface area (Å²) >= 11 is 0. The predicted octanol–water partition coefficient (Wildman–Crippen LogP) is 4.48. The Balaban J connectivity index is 0.00000245. The Labute approximate surface area is 194 Å². The van der Waals surface area contributed by atoms with Crippen molar-refractivity contribution < 1.29 is 9.13 Å². The van der Waals surface area contributed by atoms with Gasteiger partial charge in [0.2, 0.25) is 0 Å². The number of nitrogens with zero attached hydrogens (tertiary/aromatic N) is 4. The second-order valence-electron chi connectivity index (χ2n) is 8.75. The fraction of sp³-hybridized carbons (Fsp3) is 0.440. The van der Waals surface area contributed by atoms with Gasteiger partial charge >= 0.3 is 0 Å². The van der Waals surface area contributed by atoms with Crippen LogP contribution in [0.3, 0.4) is 0 Å². The number of piperazine rings is 1. The zero-order chi connectivity index (χ0) is 21.4. The topological polar surface area (TPSA) is 63.3 Å². The Morgan fingerprint density at radius 3 is 2.38 bits per heavy atom. The highest BCUT2D eigenvalue weighted by Gasteiger charge is 2.44. The molecule has 0 aromatic heterocycles. The highest BCUT2D eigenvalue weighted by molar-refractivity contribution is 5.85. The van der Waals surface area contributed by atoms with Gasteiger partial charge in [0, 0.05) is 37.8 Å². The summed E-state index contributed by atoms with van der Waals surface area (Å²) in [5, 5.41) is 18.7. The Bertz CT molecular complexity index is 1080. The molecule has 1 saturated carbocycles. The SMILES string of the molecule is Cl.N#Cc1cc(F)ccc1N1CCN(C2CCC3(CC2)OCc2c(C#N)cccc23)CC1. The monoisotopic (exact) mass is 452 g/mol. The summed E-state index contributed by atoms with van der Waals surface area (Å²) in [5.74, 6) is -0.368. The maximum Gasteiger partial charge on any atom is 0.124 e. The maximum absolute atomic E-state index is 13.5. The van der Waals surface area contributed by atoms with Crippen molar-refractivity contribution in [3.8, 4) is 12.1 Å². The van der Waals surface area contributed by atoms with Crippen molar-refractivity contribution in [2.24, 2.45) is 0 Å². The van der Waals surface area contributed by atoms with Crippen molar-refractivity contribution >= 4 is 18.1 Å². The molecule has 0 unspecified atom stereocenters. The largest absolute Gasteiger partial charge is 0.368 e. The van der Waals surface area contributed by atoms with Gasteiger partial charge in [-0.3, -0.25) is 4.90 Å². The molecule has 2 aromatic rings. The molecule has 0 N–H and O–H groups in total. The van der Waals surface area contributed by atoms with Crippen LogP contribution in [0.4, 0.5) is 10.1 Å². The number of hydrogen-bond donors (Lipinski definition) is 0. The van der Waals surface area contributed by atoms with Crippen LogP contribution in [0.1, 0.15) is 47.9 Å². The summed E-state index contributed by atoms with van der Waals surface area (Å²) in [5.41, 5.74) is 4.04. The van der Waals surface area contributed by atoms with Crippen molar-refractivity contribution in [2.45, 2.75) is 43.9 Å². The van der Waals surface area contributed by atoms with Crippen LogP contribution < -0.4 is 4.90 Å². The van der Waals surface area contributed by atoms with E-state index in [2.05, 4.69) is 28.0 Å². The summed E-state index contributed by atoms with van der Waals surface area (Å²) in [6.07, 6.45) is 4.12. The smallest absolute Gasteiger partial charge is 0.124 e. The van der Waals surface area contributed by atoms with E-state index in [0.717, 1.165) is 68.7 Å².